The molecule has 3 heterocycles. The van der Waals surface area contributed by atoms with Crippen molar-refractivity contribution in [3.8, 4) is 5.75 Å². The molecule has 8 nitrogen and oxygen atoms in total. The standard InChI is InChI=1S/C23H30N2O6/c1-21(2)18(30-22(31-21)10-6-7-11-22)23-13-17(26)24(3)19(23)25(20(27)29-5)16-9-8-14(28-4)12-15(16)23/h8-9,12,18-19H,6-7,10-11,13H2,1-5H3/t18-,19-,23+/m1/s1. The molecule has 2 amide bonds. The largest absolute Gasteiger partial charge is 0.497 e. The van der Waals surface area contributed by atoms with E-state index in [9.17, 15) is 9.59 Å². The minimum absolute atomic E-state index is 0.0425. The molecule has 1 aliphatic carbocycles. The molecule has 1 aromatic carbocycles. The average molecular weight is 431 g/mol. The summed E-state index contributed by atoms with van der Waals surface area (Å²) < 4.78 is 24.0. The molecule has 0 unspecified atom stereocenters. The van der Waals surface area contributed by atoms with Crippen LogP contribution in [0.1, 0.15) is 51.5 Å². The predicted molar refractivity (Wildman–Crippen MR) is 112 cm³/mol. The number of benzene rings is 1. The molecular formula is C23H30N2O6. The second-order valence-corrected chi connectivity index (χ2v) is 9.64. The fraction of sp³-hybridized carbons (Fsp3) is 0.652. The monoisotopic (exact) mass is 430 g/mol. The van der Waals surface area contributed by atoms with Crippen LogP contribution in [0.25, 0.3) is 0 Å². The van der Waals surface area contributed by atoms with Gasteiger partial charge in [-0.05, 0) is 50.5 Å². The SMILES string of the molecule is COC(=O)N1c2ccc(OC)cc2[C@]2([C@@H]3OC4(CCCC4)OC3(C)C)CC(=O)N(C)[C@H]12. The molecule has 0 aromatic heterocycles. The van der Waals surface area contributed by atoms with E-state index in [1.807, 2.05) is 32.0 Å². The zero-order valence-corrected chi connectivity index (χ0v) is 18.8. The van der Waals surface area contributed by atoms with E-state index in [0.717, 1.165) is 31.2 Å². The quantitative estimate of drug-likeness (QED) is 0.717. The number of hydrogen-bond donors (Lipinski definition) is 0. The second kappa shape index (κ2) is 6.59. The third-order valence-electron chi connectivity index (χ3n) is 7.49. The Morgan fingerprint density at radius 3 is 2.55 bits per heavy atom. The summed E-state index contributed by atoms with van der Waals surface area (Å²) in [7, 11) is 4.70. The number of methoxy groups -OCH3 is 2. The van der Waals surface area contributed by atoms with E-state index in [2.05, 4.69) is 0 Å². The molecule has 31 heavy (non-hydrogen) atoms. The summed E-state index contributed by atoms with van der Waals surface area (Å²) in [5, 5.41) is 0. The molecule has 3 atom stereocenters. The summed E-state index contributed by atoms with van der Waals surface area (Å²) in [5.74, 6) is -0.00731. The van der Waals surface area contributed by atoms with E-state index in [-0.39, 0.29) is 12.3 Å². The highest BCUT2D eigenvalue weighted by molar-refractivity contribution is 5.97. The number of anilines is 1. The van der Waals surface area contributed by atoms with Gasteiger partial charge in [0.25, 0.3) is 0 Å². The molecule has 0 bridgehead atoms. The van der Waals surface area contributed by atoms with Gasteiger partial charge in [0.1, 0.15) is 18.0 Å². The fourth-order valence-electron chi connectivity index (χ4n) is 6.38. The Kier molecular flexibility index (Phi) is 4.37. The van der Waals surface area contributed by atoms with E-state index in [0.29, 0.717) is 11.4 Å². The number of fused-ring (bicyclic) bond motifs is 3. The number of hydrogen-bond acceptors (Lipinski definition) is 6. The lowest BCUT2D eigenvalue weighted by Crippen LogP contribution is -2.59. The van der Waals surface area contributed by atoms with Crippen LogP contribution < -0.4 is 9.64 Å². The number of likely N-dealkylation sites (tertiary alicyclic amines) is 1. The molecule has 3 fully saturated rings. The Bertz CT molecular complexity index is 940. The first-order valence-electron chi connectivity index (χ1n) is 10.9. The first-order valence-corrected chi connectivity index (χ1v) is 10.9. The Morgan fingerprint density at radius 1 is 1.19 bits per heavy atom. The normalized spacial score (nSPS) is 32.5. The van der Waals surface area contributed by atoms with Gasteiger partial charge in [0.05, 0.1) is 30.9 Å². The Hall–Kier alpha value is -2.32. The molecule has 3 aliphatic heterocycles. The molecule has 8 heteroatoms. The molecular weight excluding hydrogens is 400 g/mol. The summed E-state index contributed by atoms with van der Waals surface area (Å²) in [6.45, 7) is 4.06. The van der Waals surface area contributed by atoms with Crippen LogP contribution >= 0.6 is 0 Å². The number of nitrogens with zero attached hydrogens (tertiary/aromatic N) is 2. The van der Waals surface area contributed by atoms with Gasteiger partial charge in [0, 0.05) is 26.3 Å². The fourth-order valence-corrected chi connectivity index (χ4v) is 6.38. The minimum Gasteiger partial charge on any atom is -0.497 e. The van der Waals surface area contributed by atoms with Crippen LogP contribution in [0.5, 0.6) is 5.75 Å². The van der Waals surface area contributed by atoms with Crippen LogP contribution in [0.4, 0.5) is 10.5 Å². The van der Waals surface area contributed by atoms with Gasteiger partial charge in [0.2, 0.25) is 5.91 Å². The number of ether oxygens (including phenoxy) is 4. The first kappa shape index (κ1) is 20.6. The molecule has 1 spiro atoms. The van der Waals surface area contributed by atoms with Crippen LogP contribution in [0.2, 0.25) is 0 Å². The number of likely N-dealkylation sites (N-methyl/N-ethyl adjacent to an activating group) is 1. The van der Waals surface area contributed by atoms with Gasteiger partial charge in [-0.2, -0.15) is 0 Å². The second-order valence-electron chi connectivity index (χ2n) is 9.64. The van der Waals surface area contributed by atoms with Gasteiger partial charge in [0.15, 0.2) is 5.79 Å². The van der Waals surface area contributed by atoms with Gasteiger partial charge < -0.3 is 23.8 Å². The molecule has 1 saturated carbocycles. The summed E-state index contributed by atoms with van der Waals surface area (Å²) >= 11 is 0. The van der Waals surface area contributed by atoms with Crippen molar-refractivity contribution in [1.29, 1.82) is 0 Å². The third kappa shape index (κ3) is 2.61. The van der Waals surface area contributed by atoms with E-state index in [1.165, 1.54) is 7.11 Å². The Balaban J connectivity index is 1.73. The number of amides is 2. The van der Waals surface area contributed by atoms with Crippen LogP contribution in [-0.4, -0.2) is 61.8 Å². The van der Waals surface area contributed by atoms with Crippen LogP contribution in [0.3, 0.4) is 0 Å². The topological polar surface area (TPSA) is 77.5 Å². The van der Waals surface area contributed by atoms with Crippen molar-refractivity contribution in [1.82, 2.24) is 4.90 Å². The maximum atomic E-state index is 13.1. The maximum Gasteiger partial charge on any atom is 0.415 e. The van der Waals surface area contributed by atoms with Crippen LogP contribution in [0, 0.1) is 0 Å². The minimum atomic E-state index is -0.806. The third-order valence-corrected chi connectivity index (χ3v) is 7.49. The zero-order valence-electron chi connectivity index (χ0n) is 18.8. The Labute approximate surface area is 182 Å². The van der Waals surface area contributed by atoms with Gasteiger partial charge in [-0.15, -0.1) is 0 Å². The van der Waals surface area contributed by atoms with E-state index in [4.69, 9.17) is 18.9 Å². The molecule has 5 rings (SSSR count). The van der Waals surface area contributed by atoms with Gasteiger partial charge in [-0.25, -0.2) is 4.79 Å². The van der Waals surface area contributed by atoms with E-state index in [1.54, 1.807) is 24.0 Å². The van der Waals surface area contributed by atoms with Crippen LogP contribution in [0.15, 0.2) is 18.2 Å². The highest BCUT2D eigenvalue weighted by Gasteiger charge is 2.71. The van der Waals surface area contributed by atoms with Crippen molar-refractivity contribution in [2.24, 2.45) is 0 Å². The maximum absolute atomic E-state index is 13.1. The average Bonchev–Trinajstić information content (AvgIpc) is 3.44. The highest BCUT2D eigenvalue weighted by atomic mass is 16.8. The van der Waals surface area contributed by atoms with Crippen molar-refractivity contribution in [2.75, 3.05) is 26.2 Å². The van der Waals surface area contributed by atoms with Crippen molar-refractivity contribution in [3.63, 3.8) is 0 Å². The van der Waals surface area contributed by atoms with Gasteiger partial charge in [-0.1, -0.05) is 0 Å². The highest BCUT2D eigenvalue weighted by Crippen LogP contribution is 2.61. The number of carbonyl (C=O) groups excluding carboxylic acids is 2. The molecule has 4 aliphatic rings. The smallest absolute Gasteiger partial charge is 0.415 e. The van der Waals surface area contributed by atoms with Crippen molar-refractivity contribution >= 4 is 17.7 Å². The van der Waals surface area contributed by atoms with E-state index >= 15 is 0 Å². The lowest BCUT2D eigenvalue weighted by atomic mass is 9.69. The lowest BCUT2D eigenvalue weighted by Gasteiger charge is -2.41. The number of rotatable bonds is 2. The Morgan fingerprint density at radius 2 is 1.90 bits per heavy atom. The number of carbonyl (C=O) groups is 2. The van der Waals surface area contributed by atoms with E-state index < -0.39 is 35.2 Å². The van der Waals surface area contributed by atoms with Gasteiger partial charge in [-0.3, -0.25) is 9.69 Å². The zero-order chi connectivity index (χ0) is 22.2. The summed E-state index contributed by atoms with van der Waals surface area (Å²) in [6, 6.07) is 5.61. The summed E-state index contributed by atoms with van der Waals surface area (Å²) in [6.07, 6.45) is 2.48. The summed E-state index contributed by atoms with van der Waals surface area (Å²) in [4.78, 5) is 29.3. The van der Waals surface area contributed by atoms with Crippen molar-refractivity contribution in [2.45, 2.75) is 75.0 Å². The van der Waals surface area contributed by atoms with Crippen LogP contribution in [-0.2, 0) is 24.4 Å². The molecule has 2 saturated heterocycles. The lowest BCUT2D eigenvalue weighted by molar-refractivity contribution is -0.182. The summed E-state index contributed by atoms with van der Waals surface area (Å²) in [5.41, 5.74) is 0.112. The van der Waals surface area contributed by atoms with Gasteiger partial charge >= 0.3 is 6.09 Å². The van der Waals surface area contributed by atoms with Crippen molar-refractivity contribution < 1.29 is 28.5 Å². The predicted octanol–water partition coefficient (Wildman–Crippen LogP) is 3.17. The molecule has 0 radical (unpaired) electrons. The molecule has 1 aromatic rings. The molecule has 168 valence electrons. The first-order chi connectivity index (χ1) is 14.7. The van der Waals surface area contributed by atoms with Crippen molar-refractivity contribution in [3.05, 3.63) is 23.8 Å². The molecule has 0 N–H and O–H groups in total.